The Morgan fingerprint density at radius 3 is 2.30 bits per heavy atom. The summed E-state index contributed by atoms with van der Waals surface area (Å²) in [7, 11) is 0. The zero-order valence-corrected chi connectivity index (χ0v) is 17.7. The largest absolute Gasteiger partial charge is 0.458 e. The van der Waals surface area contributed by atoms with Gasteiger partial charge in [0.05, 0.1) is 0 Å². The second-order valence-corrected chi connectivity index (χ2v) is 7.37. The van der Waals surface area contributed by atoms with Crippen LogP contribution in [0.15, 0.2) is 73.3 Å². The van der Waals surface area contributed by atoms with Crippen molar-refractivity contribution in [2.24, 2.45) is 0 Å². The average molecular weight is 401 g/mol. The van der Waals surface area contributed by atoms with Crippen LogP contribution in [-0.2, 0) is 29.0 Å². The Morgan fingerprint density at radius 2 is 1.63 bits per heavy atom. The molecule has 0 radical (unpaired) electrons. The molecule has 3 nitrogen and oxygen atoms in total. The van der Waals surface area contributed by atoms with Crippen molar-refractivity contribution in [1.29, 1.82) is 0 Å². The van der Waals surface area contributed by atoms with Crippen LogP contribution in [0.25, 0.3) is 22.3 Å². The molecule has 0 spiro atoms. The molecular weight excluding hydrogens is 372 g/mol. The third-order valence-corrected chi connectivity index (χ3v) is 5.26. The molecule has 1 N–H and O–H groups in total. The number of aliphatic hydroxyl groups is 1. The molecule has 3 rings (SSSR count). The lowest BCUT2D eigenvalue weighted by molar-refractivity contribution is -0.138. The molecule has 0 aromatic heterocycles. The van der Waals surface area contributed by atoms with Crippen molar-refractivity contribution in [3.05, 3.63) is 95.6 Å². The van der Waals surface area contributed by atoms with E-state index in [1.807, 2.05) is 6.92 Å². The first kappa shape index (κ1) is 21.5. The Morgan fingerprint density at radius 1 is 0.967 bits per heavy atom. The summed E-state index contributed by atoms with van der Waals surface area (Å²) in [6.07, 6.45) is 2.77. The van der Waals surface area contributed by atoms with E-state index >= 15 is 0 Å². The highest BCUT2D eigenvalue weighted by molar-refractivity contribution is 5.81. The number of aryl methyl sites for hydroxylation is 2. The van der Waals surface area contributed by atoms with E-state index in [0.29, 0.717) is 6.42 Å². The summed E-state index contributed by atoms with van der Waals surface area (Å²) in [5.74, 6) is -0.420. The fourth-order valence-electron chi connectivity index (χ4n) is 3.65. The molecule has 0 atom stereocenters. The minimum Gasteiger partial charge on any atom is -0.458 e. The lowest BCUT2D eigenvalue weighted by Gasteiger charge is -2.15. The predicted molar refractivity (Wildman–Crippen MR) is 122 cm³/mol. The molecule has 0 amide bonds. The SMILES string of the molecule is C=CC(=O)OCc1cc(C)ccc1-c1ccc(-c2ccc(CCO)cc2)c(CC)c1. The normalized spacial score (nSPS) is 10.6. The van der Waals surface area contributed by atoms with Gasteiger partial charge in [-0.25, -0.2) is 4.79 Å². The lowest BCUT2D eigenvalue weighted by Crippen LogP contribution is -2.02. The summed E-state index contributed by atoms with van der Waals surface area (Å²) in [5, 5.41) is 9.12. The maximum atomic E-state index is 11.5. The quantitative estimate of drug-likeness (QED) is 0.392. The van der Waals surface area contributed by atoms with Gasteiger partial charge in [-0.2, -0.15) is 0 Å². The van der Waals surface area contributed by atoms with E-state index in [4.69, 9.17) is 9.84 Å². The Labute approximate surface area is 178 Å². The number of benzene rings is 3. The Kier molecular flexibility index (Phi) is 7.21. The van der Waals surface area contributed by atoms with Gasteiger partial charge >= 0.3 is 5.97 Å². The topological polar surface area (TPSA) is 46.5 Å². The van der Waals surface area contributed by atoms with Crippen LogP contribution in [-0.4, -0.2) is 17.7 Å². The number of ether oxygens (including phenoxy) is 1. The highest BCUT2D eigenvalue weighted by atomic mass is 16.5. The number of aliphatic hydroxyl groups excluding tert-OH is 1. The lowest BCUT2D eigenvalue weighted by atomic mass is 9.91. The summed E-state index contributed by atoms with van der Waals surface area (Å²) in [6, 6.07) is 21.1. The molecule has 0 bridgehead atoms. The molecule has 3 heteroatoms. The minimum atomic E-state index is -0.420. The molecule has 0 aliphatic heterocycles. The van der Waals surface area contributed by atoms with Crippen LogP contribution in [0.4, 0.5) is 0 Å². The molecule has 0 unspecified atom stereocenters. The van der Waals surface area contributed by atoms with Crippen molar-refractivity contribution in [2.75, 3.05) is 6.61 Å². The first-order valence-electron chi connectivity index (χ1n) is 10.3. The maximum Gasteiger partial charge on any atom is 0.330 e. The van der Waals surface area contributed by atoms with E-state index in [2.05, 4.69) is 74.2 Å². The van der Waals surface area contributed by atoms with Crippen LogP contribution in [0.1, 0.15) is 29.2 Å². The Bertz CT molecular complexity index is 1030. The van der Waals surface area contributed by atoms with Crippen LogP contribution in [0, 0.1) is 6.92 Å². The second kappa shape index (κ2) is 10.0. The van der Waals surface area contributed by atoms with Crippen molar-refractivity contribution in [3.63, 3.8) is 0 Å². The molecule has 3 aromatic carbocycles. The highest BCUT2D eigenvalue weighted by Gasteiger charge is 2.11. The molecule has 30 heavy (non-hydrogen) atoms. The summed E-state index contributed by atoms with van der Waals surface area (Å²) < 4.78 is 5.30. The third kappa shape index (κ3) is 5.05. The van der Waals surface area contributed by atoms with E-state index in [1.165, 1.54) is 22.8 Å². The van der Waals surface area contributed by atoms with E-state index in [1.54, 1.807) is 0 Å². The average Bonchev–Trinajstić information content (AvgIpc) is 2.78. The van der Waals surface area contributed by atoms with Crippen molar-refractivity contribution in [3.8, 4) is 22.3 Å². The van der Waals surface area contributed by atoms with E-state index in [9.17, 15) is 4.79 Å². The predicted octanol–water partition coefficient (Wildman–Crippen LogP) is 5.66. The van der Waals surface area contributed by atoms with Gasteiger partial charge in [0, 0.05) is 12.7 Å². The number of esters is 1. The van der Waals surface area contributed by atoms with Crippen molar-refractivity contribution in [2.45, 2.75) is 33.3 Å². The fraction of sp³-hybridized carbons (Fsp3) is 0.222. The zero-order chi connectivity index (χ0) is 21.5. The van der Waals surface area contributed by atoms with E-state index in [-0.39, 0.29) is 13.2 Å². The van der Waals surface area contributed by atoms with Crippen LogP contribution in [0.2, 0.25) is 0 Å². The monoisotopic (exact) mass is 400 g/mol. The highest BCUT2D eigenvalue weighted by Crippen LogP contribution is 2.32. The molecule has 0 aliphatic carbocycles. The first-order chi connectivity index (χ1) is 14.5. The number of hydrogen-bond acceptors (Lipinski definition) is 3. The molecular formula is C27H28O3. The Hall–Kier alpha value is -3.17. The second-order valence-electron chi connectivity index (χ2n) is 7.37. The van der Waals surface area contributed by atoms with Gasteiger partial charge in [0.25, 0.3) is 0 Å². The summed E-state index contributed by atoms with van der Waals surface area (Å²) >= 11 is 0. The molecule has 0 fully saturated rings. The van der Waals surface area contributed by atoms with Gasteiger partial charge in [-0.05, 0) is 58.7 Å². The van der Waals surface area contributed by atoms with Crippen LogP contribution in [0.5, 0.6) is 0 Å². The van der Waals surface area contributed by atoms with Gasteiger partial charge in [0.2, 0.25) is 0 Å². The van der Waals surface area contributed by atoms with Gasteiger partial charge in [-0.3, -0.25) is 0 Å². The summed E-state index contributed by atoms with van der Waals surface area (Å²) in [4.78, 5) is 11.5. The van der Waals surface area contributed by atoms with Gasteiger partial charge in [0.15, 0.2) is 0 Å². The molecule has 0 saturated carbocycles. The van der Waals surface area contributed by atoms with E-state index < -0.39 is 5.97 Å². The van der Waals surface area contributed by atoms with Crippen LogP contribution in [0.3, 0.4) is 0 Å². The number of carbonyl (C=O) groups excluding carboxylic acids is 1. The number of rotatable bonds is 8. The summed E-state index contributed by atoms with van der Waals surface area (Å²) in [5.41, 5.74) is 9.06. The standard InChI is InChI=1S/C27H28O3/c1-4-21-17-23(11-13-25(21)22-9-7-20(8-10-22)14-15-28)26-12-6-19(3)16-24(26)18-30-27(29)5-2/h5-13,16-17,28H,2,4,14-15,18H2,1,3H3. The number of carbonyl (C=O) groups is 1. The maximum absolute atomic E-state index is 11.5. The van der Waals surface area contributed by atoms with Crippen molar-refractivity contribution in [1.82, 2.24) is 0 Å². The minimum absolute atomic E-state index is 0.162. The third-order valence-electron chi connectivity index (χ3n) is 5.26. The van der Waals surface area contributed by atoms with Gasteiger partial charge < -0.3 is 9.84 Å². The molecule has 0 heterocycles. The number of hydrogen-bond donors (Lipinski definition) is 1. The molecule has 0 aliphatic rings. The molecule has 3 aromatic rings. The summed E-state index contributed by atoms with van der Waals surface area (Å²) in [6.45, 7) is 8.03. The van der Waals surface area contributed by atoms with Crippen LogP contribution >= 0.6 is 0 Å². The van der Waals surface area contributed by atoms with Gasteiger partial charge in [0.1, 0.15) is 6.61 Å². The molecule has 154 valence electrons. The van der Waals surface area contributed by atoms with Gasteiger partial charge in [-0.1, -0.05) is 79.7 Å². The van der Waals surface area contributed by atoms with E-state index in [0.717, 1.165) is 34.2 Å². The Balaban J connectivity index is 1.96. The first-order valence-corrected chi connectivity index (χ1v) is 10.3. The smallest absolute Gasteiger partial charge is 0.330 e. The zero-order valence-electron chi connectivity index (χ0n) is 17.7. The molecule has 0 saturated heterocycles. The van der Waals surface area contributed by atoms with Crippen molar-refractivity contribution < 1.29 is 14.6 Å². The fourth-order valence-corrected chi connectivity index (χ4v) is 3.65. The van der Waals surface area contributed by atoms with Crippen LogP contribution < -0.4 is 0 Å². The van der Waals surface area contributed by atoms with Gasteiger partial charge in [-0.15, -0.1) is 0 Å². The van der Waals surface area contributed by atoms with Crippen molar-refractivity contribution >= 4 is 5.97 Å².